The zero-order valence-corrected chi connectivity index (χ0v) is 19.3. The lowest BCUT2D eigenvalue weighted by molar-refractivity contribution is -0.134. The van der Waals surface area contributed by atoms with Gasteiger partial charge in [-0.1, -0.05) is 29.8 Å². The van der Waals surface area contributed by atoms with Gasteiger partial charge in [-0.15, -0.1) is 0 Å². The first-order valence-electron chi connectivity index (χ1n) is 8.78. The first-order valence-corrected chi connectivity index (χ1v) is 10.6. The Labute approximate surface area is 188 Å². The van der Waals surface area contributed by atoms with E-state index in [-0.39, 0.29) is 18.5 Å². The highest BCUT2D eigenvalue weighted by Crippen LogP contribution is 2.30. The van der Waals surface area contributed by atoms with Crippen LogP contribution in [-0.2, 0) is 11.3 Å². The number of amides is 1. The Hall–Kier alpha value is -1.45. The number of hydrogen-bond acceptors (Lipinski definition) is 4. The van der Waals surface area contributed by atoms with Crippen molar-refractivity contribution in [1.82, 2.24) is 14.7 Å². The van der Waals surface area contributed by atoms with Crippen LogP contribution in [0.4, 0.5) is 5.69 Å². The first kappa shape index (κ1) is 21.3. The highest BCUT2D eigenvalue weighted by atomic mass is 127. The molecule has 1 aliphatic rings. The lowest BCUT2D eigenvalue weighted by atomic mass is 10.1. The summed E-state index contributed by atoms with van der Waals surface area (Å²) in [5.41, 5.74) is 1.70. The minimum Gasteiger partial charge on any atom is -0.495 e. The van der Waals surface area contributed by atoms with Crippen LogP contribution in [0.5, 0.6) is 5.75 Å². The predicted molar refractivity (Wildman–Crippen MR) is 121 cm³/mol. The molecule has 1 aliphatic heterocycles. The van der Waals surface area contributed by atoms with Crippen LogP contribution in [0.15, 0.2) is 24.8 Å². The van der Waals surface area contributed by atoms with E-state index in [2.05, 4.69) is 39.2 Å². The number of carbonyl (C=O) groups is 1. The molecule has 1 saturated heterocycles. The van der Waals surface area contributed by atoms with Crippen LogP contribution < -0.4 is 9.64 Å². The summed E-state index contributed by atoms with van der Waals surface area (Å²) in [5.74, 6) is 0.659. The fourth-order valence-corrected chi connectivity index (χ4v) is 4.31. The Kier molecular flexibility index (Phi) is 6.77. The highest BCUT2D eigenvalue weighted by molar-refractivity contribution is 14.1. The Morgan fingerprint density at radius 3 is 2.82 bits per heavy atom. The summed E-state index contributed by atoms with van der Waals surface area (Å²) < 4.78 is 7.59. The summed E-state index contributed by atoms with van der Waals surface area (Å²) in [7, 11) is 1.60. The molecule has 2 aromatic rings. The summed E-state index contributed by atoms with van der Waals surface area (Å²) in [6.45, 7) is 8.03. The number of anilines is 1. The molecule has 0 N–H and O–H groups in total. The number of aromatic nitrogens is 2. The zero-order valence-electron chi connectivity index (χ0n) is 15.7. The molecule has 0 aliphatic carbocycles. The van der Waals surface area contributed by atoms with E-state index in [4.69, 9.17) is 27.9 Å². The second-order valence-electron chi connectivity index (χ2n) is 6.55. The van der Waals surface area contributed by atoms with Gasteiger partial charge in [0.1, 0.15) is 16.0 Å². The molecule has 28 heavy (non-hydrogen) atoms. The molecule has 0 radical (unpaired) electrons. The molecule has 0 unspecified atom stereocenters. The molecule has 1 aromatic heterocycles. The number of halogens is 3. The molecular formula is C19H21Cl2IN4O2. The summed E-state index contributed by atoms with van der Waals surface area (Å²) in [6.07, 6.45) is 1.63. The molecule has 6 nitrogen and oxygen atoms in total. The van der Waals surface area contributed by atoms with Gasteiger partial charge in [0.15, 0.2) is 0 Å². The van der Waals surface area contributed by atoms with Crippen LogP contribution in [0.3, 0.4) is 0 Å². The van der Waals surface area contributed by atoms with Crippen molar-refractivity contribution in [3.63, 3.8) is 0 Å². The maximum absolute atomic E-state index is 12.9. The average molecular weight is 535 g/mol. The zero-order chi connectivity index (χ0) is 20.4. The van der Waals surface area contributed by atoms with Crippen molar-refractivity contribution in [2.24, 2.45) is 0 Å². The van der Waals surface area contributed by atoms with E-state index in [1.54, 1.807) is 17.9 Å². The Bertz CT molecular complexity index is 902. The Balaban J connectivity index is 1.69. The van der Waals surface area contributed by atoms with Gasteiger partial charge >= 0.3 is 0 Å². The minimum absolute atomic E-state index is 0.0134. The van der Waals surface area contributed by atoms with Gasteiger partial charge in [0, 0.05) is 37.4 Å². The number of rotatable bonds is 5. The maximum atomic E-state index is 12.9. The molecule has 0 spiro atoms. The number of ether oxygens (including phenoxy) is 1. The Morgan fingerprint density at radius 2 is 2.18 bits per heavy atom. The van der Waals surface area contributed by atoms with E-state index < -0.39 is 0 Å². The van der Waals surface area contributed by atoms with Crippen molar-refractivity contribution in [2.45, 2.75) is 19.5 Å². The number of methoxy groups -OCH3 is 1. The highest BCUT2D eigenvalue weighted by Gasteiger charge is 2.28. The van der Waals surface area contributed by atoms with E-state index in [0.29, 0.717) is 31.7 Å². The summed E-state index contributed by atoms with van der Waals surface area (Å²) in [4.78, 5) is 17.0. The van der Waals surface area contributed by atoms with E-state index in [1.807, 2.05) is 30.0 Å². The van der Waals surface area contributed by atoms with Gasteiger partial charge in [0.2, 0.25) is 5.91 Å². The van der Waals surface area contributed by atoms with Gasteiger partial charge in [-0.05, 0) is 47.7 Å². The van der Waals surface area contributed by atoms with Crippen LogP contribution in [0.1, 0.15) is 12.6 Å². The van der Waals surface area contributed by atoms with Gasteiger partial charge in [0.05, 0.1) is 22.8 Å². The van der Waals surface area contributed by atoms with Crippen LogP contribution in [-0.4, -0.2) is 53.4 Å². The van der Waals surface area contributed by atoms with Crippen molar-refractivity contribution in [3.8, 4) is 5.75 Å². The molecule has 2 heterocycles. The number of hydrogen-bond donors (Lipinski definition) is 0. The molecule has 0 saturated carbocycles. The van der Waals surface area contributed by atoms with E-state index in [1.165, 1.54) is 0 Å². The third-order valence-electron chi connectivity index (χ3n) is 4.82. The second-order valence-corrected chi connectivity index (χ2v) is 8.36. The van der Waals surface area contributed by atoms with Crippen LogP contribution in [0.25, 0.3) is 6.08 Å². The molecular weight excluding hydrogens is 514 g/mol. The lowest BCUT2D eigenvalue weighted by Crippen LogP contribution is -2.54. The van der Waals surface area contributed by atoms with Crippen molar-refractivity contribution in [1.29, 1.82) is 0 Å². The van der Waals surface area contributed by atoms with Crippen LogP contribution in [0, 0.1) is 3.70 Å². The van der Waals surface area contributed by atoms with E-state index in [0.717, 1.165) is 18.8 Å². The number of piperazine rings is 1. The fourth-order valence-electron chi connectivity index (χ4n) is 3.37. The summed E-state index contributed by atoms with van der Waals surface area (Å²) in [6, 6.07) is 5.79. The van der Waals surface area contributed by atoms with Gasteiger partial charge in [-0.3, -0.25) is 9.48 Å². The number of nitrogens with zero attached hydrogens (tertiary/aromatic N) is 4. The Morgan fingerprint density at radius 1 is 1.43 bits per heavy atom. The van der Waals surface area contributed by atoms with E-state index in [9.17, 15) is 4.79 Å². The summed E-state index contributed by atoms with van der Waals surface area (Å²) in [5, 5.41) is 5.45. The normalized spacial score (nSPS) is 17.0. The minimum atomic E-state index is 0.0134. The molecule has 1 fully saturated rings. The number of benzene rings is 1. The average Bonchev–Trinajstić information content (AvgIpc) is 2.94. The molecule has 0 bridgehead atoms. The molecule has 9 heteroatoms. The first-order chi connectivity index (χ1) is 13.3. The fraction of sp³-hybridized carbons (Fsp3) is 0.368. The topological polar surface area (TPSA) is 50.6 Å². The second kappa shape index (κ2) is 8.92. The molecule has 150 valence electrons. The van der Waals surface area contributed by atoms with Crippen molar-refractivity contribution < 1.29 is 9.53 Å². The maximum Gasteiger partial charge on any atom is 0.244 e. The smallest absolute Gasteiger partial charge is 0.244 e. The van der Waals surface area contributed by atoms with Gasteiger partial charge in [-0.25, -0.2) is 0 Å². The molecule has 1 atom stereocenters. The molecule has 1 aromatic carbocycles. The van der Waals surface area contributed by atoms with Gasteiger partial charge in [-0.2, -0.15) is 5.10 Å². The third-order valence-corrected chi connectivity index (χ3v) is 6.58. The standard InChI is InChI=1S/C19H21Cl2IN4O2/c1-4-15-18(21)19(22)23-26(15)11-17(27)25-8-7-24(10-12(25)2)13-5-6-14(20)16(9-13)28-3/h4-6,9,12H,1,7-8,10-11H2,2-3H3/t12-/m0/s1. The van der Waals surface area contributed by atoms with Crippen LogP contribution >= 0.6 is 45.8 Å². The van der Waals surface area contributed by atoms with Gasteiger partial charge in [0.25, 0.3) is 0 Å². The predicted octanol–water partition coefficient (Wildman–Crippen LogP) is 4.18. The largest absolute Gasteiger partial charge is 0.495 e. The monoisotopic (exact) mass is 534 g/mol. The third kappa shape index (κ3) is 4.26. The van der Waals surface area contributed by atoms with Crippen LogP contribution in [0.2, 0.25) is 10.0 Å². The SMILES string of the molecule is C=Cc1c(Cl)c(I)nn1CC(=O)N1CCN(c2ccc(Cl)c(OC)c2)C[C@@H]1C. The quantitative estimate of drug-likeness (QED) is 0.540. The van der Waals surface area contributed by atoms with Crippen molar-refractivity contribution in [3.05, 3.63) is 44.2 Å². The lowest BCUT2D eigenvalue weighted by Gasteiger charge is -2.41. The molecule has 3 rings (SSSR count). The molecule has 1 amide bonds. The van der Waals surface area contributed by atoms with Gasteiger partial charge < -0.3 is 14.5 Å². The number of carbonyl (C=O) groups excluding carboxylic acids is 1. The van der Waals surface area contributed by atoms with Crippen molar-refractivity contribution in [2.75, 3.05) is 31.6 Å². The van der Waals surface area contributed by atoms with Crippen molar-refractivity contribution >= 4 is 63.5 Å². The van der Waals surface area contributed by atoms with E-state index >= 15 is 0 Å². The summed E-state index contributed by atoms with van der Waals surface area (Å²) >= 11 is 14.4.